The van der Waals surface area contributed by atoms with Crippen molar-refractivity contribution in [1.82, 2.24) is 19.9 Å². The van der Waals surface area contributed by atoms with Crippen LogP contribution in [0.25, 0.3) is 5.65 Å². The first-order chi connectivity index (χ1) is 9.25. The average Bonchev–Trinajstić information content (AvgIpc) is 3.01. The fourth-order valence-corrected chi connectivity index (χ4v) is 2.34. The number of carbonyl (C=O) groups excluding carboxylic acids is 1. The third-order valence-electron chi connectivity index (χ3n) is 3.71. The minimum Gasteiger partial charge on any atom is -0.356 e. The molecule has 2 unspecified atom stereocenters. The normalized spacial score (nSPS) is 21.5. The summed E-state index contributed by atoms with van der Waals surface area (Å²) in [6.07, 6.45) is 4.73. The van der Waals surface area contributed by atoms with E-state index in [1.54, 1.807) is 0 Å². The molecule has 2 aromatic rings. The predicted octanol–water partition coefficient (Wildman–Crippen LogP) is 1.43. The first-order valence-corrected chi connectivity index (χ1v) is 6.82. The number of amides is 1. The van der Waals surface area contributed by atoms with Crippen LogP contribution in [0.3, 0.4) is 0 Å². The van der Waals surface area contributed by atoms with Crippen molar-refractivity contribution in [2.75, 3.05) is 6.54 Å². The zero-order chi connectivity index (χ0) is 13.2. The Bertz CT molecular complexity index is 592. The molecule has 1 aliphatic rings. The van der Waals surface area contributed by atoms with Gasteiger partial charge in [0.25, 0.3) is 0 Å². The number of nitrogens with zero attached hydrogens (tertiary/aromatic N) is 3. The topological polar surface area (TPSA) is 59.3 Å². The van der Waals surface area contributed by atoms with Crippen molar-refractivity contribution < 1.29 is 4.79 Å². The van der Waals surface area contributed by atoms with E-state index in [1.165, 1.54) is 0 Å². The summed E-state index contributed by atoms with van der Waals surface area (Å²) in [6, 6.07) is 5.85. The van der Waals surface area contributed by atoms with E-state index < -0.39 is 0 Å². The van der Waals surface area contributed by atoms with Gasteiger partial charge in [-0.1, -0.05) is 13.0 Å². The van der Waals surface area contributed by atoms with Crippen molar-refractivity contribution in [3.63, 3.8) is 0 Å². The second kappa shape index (κ2) is 4.99. The molecule has 0 spiro atoms. The van der Waals surface area contributed by atoms with Crippen LogP contribution in [0.1, 0.15) is 25.6 Å². The number of fused-ring (bicyclic) bond motifs is 1. The fraction of sp³-hybridized carbons (Fsp3) is 0.500. The van der Waals surface area contributed by atoms with E-state index in [0.717, 1.165) is 30.7 Å². The average molecular weight is 258 g/mol. The Kier molecular flexibility index (Phi) is 3.19. The van der Waals surface area contributed by atoms with E-state index >= 15 is 0 Å². The Morgan fingerprint density at radius 3 is 3.11 bits per heavy atom. The van der Waals surface area contributed by atoms with E-state index in [1.807, 2.05) is 28.8 Å². The van der Waals surface area contributed by atoms with Gasteiger partial charge in [-0.25, -0.2) is 0 Å². The summed E-state index contributed by atoms with van der Waals surface area (Å²) in [5.41, 5.74) is 0.869. The molecule has 2 atom stereocenters. The van der Waals surface area contributed by atoms with Gasteiger partial charge in [0.05, 0.1) is 0 Å². The molecule has 1 aliphatic carbocycles. The van der Waals surface area contributed by atoms with Gasteiger partial charge < -0.3 is 5.32 Å². The van der Waals surface area contributed by atoms with Gasteiger partial charge in [0.2, 0.25) is 5.91 Å². The monoisotopic (exact) mass is 258 g/mol. The van der Waals surface area contributed by atoms with Crippen LogP contribution >= 0.6 is 0 Å². The van der Waals surface area contributed by atoms with E-state index in [2.05, 4.69) is 22.4 Å². The van der Waals surface area contributed by atoms with Crippen molar-refractivity contribution in [3.8, 4) is 0 Å². The Labute approximate surface area is 112 Å². The lowest BCUT2D eigenvalue weighted by Gasteiger charge is -2.03. The van der Waals surface area contributed by atoms with Gasteiger partial charge in [0, 0.05) is 25.1 Å². The fourth-order valence-electron chi connectivity index (χ4n) is 2.34. The van der Waals surface area contributed by atoms with Crippen molar-refractivity contribution in [2.45, 2.75) is 26.2 Å². The van der Waals surface area contributed by atoms with Gasteiger partial charge in [0.1, 0.15) is 5.82 Å². The summed E-state index contributed by atoms with van der Waals surface area (Å²) in [7, 11) is 0. The van der Waals surface area contributed by atoms with Gasteiger partial charge >= 0.3 is 0 Å². The molecule has 1 fully saturated rings. The Morgan fingerprint density at radius 1 is 1.47 bits per heavy atom. The maximum absolute atomic E-state index is 11.6. The molecule has 0 saturated heterocycles. The maximum Gasteiger partial charge on any atom is 0.223 e. The van der Waals surface area contributed by atoms with Gasteiger partial charge in [0.15, 0.2) is 5.65 Å². The number of aryl methyl sites for hydroxylation is 1. The highest BCUT2D eigenvalue weighted by atomic mass is 16.2. The molecule has 2 aromatic heterocycles. The van der Waals surface area contributed by atoms with Gasteiger partial charge in [-0.05, 0) is 30.9 Å². The molecule has 2 heterocycles. The van der Waals surface area contributed by atoms with Crippen molar-refractivity contribution in [2.24, 2.45) is 11.8 Å². The Morgan fingerprint density at radius 2 is 2.32 bits per heavy atom. The zero-order valence-electron chi connectivity index (χ0n) is 11.0. The molecule has 1 amide bonds. The highest BCUT2D eigenvalue weighted by Crippen LogP contribution is 2.37. The number of aromatic nitrogens is 3. The first kappa shape index (κ1) is 12.1. The van der Waals surface area contributed by atoms with Crippen LogP contribution in [0.15, 0.2) is 24.4 Å². The van der Waals surface area contributed by atoms with Crippen LogP contribution in [0, 0.1) is 11.8 Å². The van der Waals surface area contributed by atoms with E-state index in [4.69, 9.17) is 0 Å². The number of pyridine rings is 1. The lowest BCUT2D eigenvalue weighted by atomic mass is 10.2. The minimum atomic E-state index is 0.207. The van der Waals surface area contributed by atoms with Gasteiger partial charge in [-0.2, -0.15) is 0 Å². The molecule has 1 saturated carbocycles. The maximum atomic E-state index is 11.6. The Balaban J connectivity index is 1.48. The molecular formula is C14H18N4O. The second-order valence-electron chi connectivity index (χ2n) is 5.26. The minimum absolute atomic E-state index is 0.207. The number of hydrogen-bond donors (Lipinski definition) is 1. The van der Waals surface area contributed by atoms with Crippen molar-refractivity contribution in [1.29, 1.82) is 0 Å². The SMILES string of the molecule is CC1CC1C(=O)NCCCc1nnc2ccccn12. The van der Waals surface area contributed by atoms with Crippen LogP contribution in [0.5, 0.6) is 0 Å². The van der Waals surface area contributed by atoms with E-state index in [-0.39, 0.29) is 11.8 Å². The smallest absolute Gasteiger partial charge is 0.223 e. The molecule has 0 bridgehead atoms. The number of hydrogen-bond acceptors (Lipinski definition) is 3. The molecule has 19 heavy (non-hydrogen) atoms. The molecule has 1 N–H and O–H groups in total. The lowest BCUT2D eigenvalue weighted by molar-refractivity contribution is -0.122. The third-order valence-corrected chi connectivity index (χ3v) is 3.71. The standard InChI is InChI=1S/C14H18N4O/c1-10-9-11(10)14(19)15-7-4-6-13-17-16-12-5-2-3-8-18(12)13/h2-3,5,8,10-11H,4,6-7,9H2,1H3,(H,15,19). The second-order valence-corrected chi connectivity index (χ2v) is 5.26. The summed E-state index contributed by atoms with van der Waals surface area (Å²) in [6.45, 7) is 2.83. The molecule has 0 aliphatic heterocycles. The first-order valence-electron chi connectivity index (χ1n) is 6.82. The number of carbonyl (C=O) groups is 1. The quantitative estimate of drug-likeness (QED) is 0.825. The molecule has 5 heteroatoms. The van der Waals surface area contributed by atoms with Crippen LogP contribution in [0.2, 0.25) is 0 Å². The lowest BCUT2D eigenvalue weighted by Crippen LogP contribution is -2.26. The number of rotatable bonds is 5. The molecule has 0 aromatic carbocycles. The molecule has 0 radical (unpaired) electrons. The zero-order valence-corrected chi connectivity index (χ0v) is 11.0. The van der Waals surface area contributed by atoms with Gasteiger partial charge in [-0.3, -0.25) is 9.20 Å². The molecule has 5 nitrogen and oxygen atoms in total. The number of nitrogens with one attached hydrogen (secondary N) is 1. The summed E-state index contributed by atoms with van der Waals surface area (Å²) < 4.78 is 1.99. The highest BCUT2D eigenvalue weighted by Gasteiger charge is 2.38. The summed E-state index contributed by atoms with van der Waals surface area (Å²) in [4.78, 5) is 11.6. The van der Waals surface area contributed by atoms with Crippen LogP contribution in [-0.2, 0) is 11.2 Å². The molecule has 100 valence electrons. The summed E-state index contributed by atoms with van der Waals surface area (Å²) in [5.74, 6) is 1.98. The van der Waals surface area contributed by atoms with E-state index in [0.29, 0.717) is 12.5 Å². The largest absolute Gasteiger partial charge is 0.356 e. The van der Waals surface area contributed by atoms with Crippen LogP contribution in [-0.4, -0.2) is 27.0 Å². The van der Waals surface area contributed by atoms with Crippen LogP contribution in [0.4, 0.5) is 0 Å². The Hall–Kier alpha value is -1.91. The predicted molar refractivity (Wildman–Crippen MR) is 71.6 cm³/mol. The van der Waals surface area contributed by atoms with E-state index in [9.17, 15) is 4.79 Å². The van der Waals surface area contributed by atoms with Crippen molar-refractivity contribution in [3.05, 3.63) is 30.2 Å². The van der Waals surface area contributed by atoms with Gasteiger partial charge in [-0.15, -0.1) is 10.2 Å². The third kappa shape index (κ3) is 2.59. The molecule has 3 rings (SSSR count). The highest BCUT2D eigenvalue weighted by molar-refractivity contribution is 5.81. The summed E-state index contributed by atoms with van der Waals surface area (Å²) in [5, 5.41) is 11.3. The summed E-state index contributed by atoms with van der Waals surface area (Å²) >= 11 is 0. The van der Waals surface area contributed by atoms with Crippen LogP contribution < -0.4 is 5.32 Å². The molecular weight excluding hydrogens is 240 g/mol. The van der Waals surface area contributed by atoms with Crippen molar-refractivity contribution >= 4 is 11.6 Å².